The summed E-state index contributed by atoms with van der Waals surface area (Å²) in [6.45, 7) is 6.98. The second-order valence-corrected chi connectivity index (χ2v) is 5.22. The number of hydrogen-bond acceptors (Lipinski definition) is 3. The summed E-state index contributed by atoms with van der Waals surface area (Å²) in [5.74, 6) is -1.09. The fourth-order valence-electron chi connectivity index (χ4n) is 2.82. The zero-order valence-corrected chi connectivity index (χ0v) is 12.3. The summed E-state index contributed by atoms with van der Waals surface area (Å²) in [5, 5.41) is 19.5. The van der Waals surface area contributed by atoms with Gasteiger partial charge in [0.05, 0.1) is 0 Å². The standard InChI is InChI=1S/C17H19NO4/c1-3-5-11-9-14-12(13(6-4-2)17(11)22)7-8-15(19)18(14)10-16(20)21/h3-4,9,22H,1-2,5-8,10H2,(H,20,21). The van der Waals surface area contributed by atoms with Crippen LogP contribution in [0.25, 0.3) is 0 Å². The van der Waals surface area contributed by atoms with E-state index in [1.807, 2.05) is 0 Å². The molecule has 1 aliphatic rings. The van der Waals surface area contributed by atoms with E-state index in [1.165, 1.54) is 4.90 Å². The van der Waals surface area contributed by atoms with Crippen molar-refractivity contribution in [1.82, 2.24) is 0 Å². The minimum Gasteiger partial charge on any atom is -0.507 e. The normalized spacial score (nSPS) is 13.6. The third kappa shape index (κ3) is 2.88. The van der Waals surface area contributed by atoms with E-state index in [0.29, 0.717) is 36.1 Å². The van der Waals surface area contributed by atoms with Gasteiger partial charge in [-0.15, -0.1) is 13.2 Å². The second kappa shape index (κ2) is 6.47. The van der Waals surface area contributed by atoms with E-state index in [-0.39, 0.29) is 24.6 Å². The first-order valence-corrected chi connectivity index (χ1v) is 7.10. The average molecular weight is 301 g/mol. The maximum absolute atomic E-state index is 12.1. The van der Waals surface area contributed by atoms with Gasteiger partial charge in [-0.2, -0.15) is 0 Å². The van der Waals surface area contributed by atoms with E-state index in [2.05, 4.69) is 13.2 Å². The molecule has 0 unspecified atom stereocenters. The molecule has 1 aromatic rings. The number of fused-ring (bicyclic) bond motifs is 1. The lowest BCUT2D eigenvalue weighted by Crippen LogP contribution is -2.39. The highest BCUT2D eigenvalue weighted by atomic mass is 16.4. The fourth-order valence-corrected chi connectivity index (χ4v) is 2.82. The molecule has 0 saturated heterocycles. The number of anilines is 1. The summed E-state index contributed by atoms with van der Waals surface area (Å²) in [5.41, 5.74) is 2.75. The summed E-state index contributed by atoms with van der Waals surface area (Å²) in [6.07, 6.45) is 4.99. The van der Waals surface area contributed by atoms with Gasteiger partial charge in [-0.05, 0) is 36.5 Å². The first kappa shape index (κ1) is 15.8. The summed E-state index contributed by atoms with van der Waals surface area (Å²) < 4.78 is 0. The molecule has 2 N–H and O–H groups in total. The van der Waals surface area contributed by atoms with Crippen LogP contribution < -0.4 is 4.90 Å². The molecule has 1 amide bonds. The van der Waals surface area contributed by atoms with Gasteiger partial charge >= 0.3 is 5.97 Å². The van der Waals surface area contributed by atoms with Gasteiger partial charge in [0.25, 0.3) is 0 Å². The number of carboxylic acid groups (broad SMARTS) is 1. The van der Waals surface area contributed by atoms with Crippen LogP contribution in [0.4, 0.5) is 5.69 Å². The lowest BCUT2D eigenvalue weighted by Gasteiger charge is -2.31. The molecule has 5 nitrogen and oxygen atoms in total. The molecular formula is C17H19NO4. The van der Waals surface area contributed by atoms with Crippen molar-refractivity contribution in [3.8, 4) is 5.75 Å². The molecule has 1 aromatic carbocycles. The number of carbonyl (C=O) groups is 2. The molecular weight excluding hydrogens is 282 g/mol. The van der Waals surface area contributed by atoms with Crippen molar-refractivity contribution < 1.29 is 19.8 Å². The fraction of sp³-hybridized carbons (Fsp3) is 0.294. The van der Waals surface area contributed by atoms with Crippen molar-refractivity contribution in [2.75, 3.05) is 11.4 Å². The Morgan fingerprint density at radius 1 is 1.27 bits per heavy atom. The number of benzene rings is 1. The van der Waals surface area contributed by atoms with Gasteiger partial charge in [0, 0.05) is 17.7 Å². The van der Waals surface area contributed by atoms with Crippen LogP contribution >= 0.6 is 0 Å². The molecule has 1 heterocycles. The van der Waals surface area contributed by atoms with Crippen LogP contribution in [0.15, 0.2) is 31.4 Å². The minimum absolute atomic E-state index is 0.183. The first-order valence-electron chi connectivity index (χ1n) is 7.10. The molecule has 0 spiro atoms. The van der Waals surface area contributed by atoms with Crippen molar-refractivity contribution >= 4 is 17.6 Å². The molecule has 1 aliphatic heterocycles. The molecule has 5 heteroatoms. The Morgan fingerprint density at radius 3 is 2.55 bits per heavy atom. The molecule has 0 atom stereocenters. The van der Waals surface area contributed by atoms with Crippen LogP contribution in [-0.4, -0.2) is 28.6 Å². The predicted octanol–water partition coefficient (Wildman–Crippen LogP) is 2.21. The van der Waals surface area contributed by atoms with E-state index in [1.54, 1.807) is 18.2 Å². The van der Waals surface area contributed by atoms with E-state index < -0.39 is 5.97 Å². The van der Waals surface area contributed by atoms with E-state index in [9.17, 15) is 14.7 Å². The van der Waals surface area contributed by atoms with Gasteiger partial charge in [0.15, 0.2) is 0 Å². The van der Waals surface area contributed by atoms with Gasteiger partial charge in [0.2, 0.25) is 5.91 Å². The highest BCUT2D eigenvalue weighted by Gasteiger charge is 2.29. The summed E-state index contributed by atoms with van der Waals surface area (Å²) in [7, 11) is 0. The highest BCUT2D eigenvalue weighted by Crippen LogP contribution is 2.38. The predicted molar refractivity (Wildman–Crippen MR) is 84.2 cm³/mol. The molecule has 0 radical (unpaired) electrons. The molecule has 22 heavy (non-hydrogen) atoms. The number of hydrogen-bond donors (Lipinski definition) is 2. The van der Waals surface area contributed by atoms with E-state index >= 15 is 0 Å². The first-order chi connectivity index (χ1) is 10.5. The van der Waals surface area contributed by atoms with Gasteiger partial charge < -0.3 is 15.1 Å². The Bertz CT molecular complexity index is 649. The number of aliphatic carboxylic acids is 1. The van der Waals surface area contributed by atoms with E-state index in [0.717, 1.165) is 5.56 Å². The van der Waals surface area contributed by atoms with Crippen molar-refractivity contribution in [2.45, 2.75) is 25.7 Å². The quantitative estimate of drug-likeness (QED) is 0.790. The number of carbonyl (C=O) groups excluding carboxylic acids is 1. The van der Waals surface area contributed by atoms with Crippen molar-refractivity contribution in [1.29, 1.82) is 0 Å². The molecule has 2 rings (SSSR count). The van der Waals surface area contributed by atoms with Crippen LogP contribution in [0.2, 0.25) is 0 Å². The third-order valence-electron chi connectivity index (χ3n) is 3.76. The zero-order valence-electron chi connectivity index (χ0n) is 12.3. The van der Waals surface area contributed by atoms with Gasteiger partial charge in [-0.25, -0.2) is 0 Å². The lowest BCUT2D eigenvalue weighted by molar-refractivity contribution is -0.136. The van der Waals surface area contributed by atoms with Crippen LogP contribution in [0.3, 0.4) is 0 Å². The Balaban J connectivity index is 2.63. The maximum atomic E-state index is 12.1. The SMILES string of the molecule is C=CCc1cc2c(c(CC=C)c1O)CCC(=O)N2CC(=O)O. The van der Waals surface area contributed by atoms with Gasteiger partial charge in [0.1, 0.15) is 12.3 Å². The van der Waals surface area contributed by atoms with Crippen molar-refractivity contribution in [3.05, 3.63) is 48.1 Å². The van der Waals surface area contributed by atoms with E-state index in [4.69, 9.17) is 5.11 Å². The number of amides is 1. The Hall–Kier alpha value is -2.56. The summed E-state index contributed by atoms with van der Waals surface area (Å²) in [6, 6.07) is 1.69. The monoisotopic (exact) mass is 301 g/mol. The smallest absolute Gasteiger partial charge is 0.323 e. The largest absolute Gasteiger partial charge is 0.507 e. The maximum Gasteiger partial charge on any atom is 0.323 e. The lowest BCUT2D eigenvalue weighted by atomic mass is 9.90. The third-order valence-corrected chi connectivity index (χ3v) is 3.76. The minimum atomic E-state index is -1.06. The van der Waals surface area contributed by atoms with Crippen molar-refractivity contribution in [2.24, 2.45) is 0 Å². The average Bonchev–Trinajstić information content (AvgIpc) is 2.46. The summed E-state index contributed by atoms with van der Waals surface area (Å²) >= 11 is 0. The topological polar surface area (TPSA) is 77.8 Å². The number of rotatable bonds is 6. The molecule has 116 valence electrons. The Labute approximate surface area is 129 Å². The molecule has 0 saturated carbocycles. The van der Waals surface area contributed by atoms with Gasteiger partial charge in [-0.3, -0.25) is 9.59 Å². The number of aromatic hydroxyl groups is 1. The Kier molecular flexibility index (Phi) is 4.65. The molecule has 0 aromatic heterocycles. The number of phenols is 1. The molecule has 0 aliphatic carbocycles. The number of carboxylic acids is 1. The number of allylic oxidation sites excluding steroid dienone is 2. The van der Waals surface area contributed by atoms with Crippen LogP contribution in [0.1, 0.15) is 23.1 Å². The molecule has 0 fully saturated rings. The van der Waals surface area contributed by atoms with Crippen LogP contribution in [0.5, 0.6) is 5.75 Å². The van der Waals surface area contributed by atoms with Crippen LogP contribution in [0, 0.1) is 0 Å². The van der Waals surface area contributed by atoms with Crippen molar-refractivity contribution in [3.63, 3.8) is 0 Å². The molecule has 0 bridgehead atoms. The highest BCUT2D eigenvalue weighted by molar-refractivity contribution is 6.00. The second-order valence-electron chi connectivity index (χ2n) is 5.22. The number of nitrogens with zero attached hydrogens (tertiary/aromatic N) is 1. The van der Waals surface area contributed by atoms with Gasteiger partial charge in [-0.1, -0.05) is 12.2 Å². The summed E-state index contributed by atoms with van der Waals surface area (Å²) in [4.78, 5) is 24.4. The number of phenolic OH excluding ortho intramolecular Hbond substituents is 1. The van der Waals surface area contributed by atoms with Crippen LogP contribution in [-0.2, 0) is 28.9 Å². The zero-order chi connectivity index (χ0) is 16.3. The Morgan fingerprint density at radius 2 is 1.95 bits per heavy atom.